The van der Waals surface area contributed by atoms with Crippen LogP contribution < -0.4 is 10.2 Å². The lowest BCUT2D eigenvalue weighted by molar-refractivity contribution is -0.385. The van der Waals surface area contributed by atoms with Crippen molar-refractivity contribution in [2.45, 2.75) is 0 Å². The number of nitrogens with zero attached hydrogens (tertiary/aromatic N) is 4. The van der Waals surface area contributed by atoms with Crippen LogP contribution in [-0.4, -0.2) is 51.0 Å². The molecule has 2 N–H and O–H groups in total. The number of nitrogens with one attached hydrogen (secondary N) is 2. The smallest absolute Gasteiger partial charge is 0.314 e. The van der Waals surface area contributed by atoms with Gasteiger partial charge in [-0.25, -0.2) is 0 Å². The summed E-state index contributed by atoms with van der Waals surface area (Å²) >= 11 is 11.0. The van der Waals surface area contributed by atoms with Gasteiger partial charge in [-0.3, -0.25) is 35.0 Å². The normalized spacial score (nSPS) is 16.1. The third-order valence-electron chi connectivity index (χ3n) is 3.99. The molecular weight excluding hydrogens is 432 g/mol. The topological polar surface area (TPSA) is 124 Å². The molecule has 154 valence electrons. The molecule has 0 unspecified atom stereocenters. The predicted molar refractivity (Wildman–Crippen MR) is 115 cm³/mol. The summed E-state index contributed by atoms with van der Waals surface area (Å²) in [7, 11) is 3.39. The molecule has 1 aliphatic rings. The number of aromatic amines is 1. The van der Waals surface area contributed by atoms with Crippen LogP contribution in [0.2, 0.25) is 5.02 Å². The summed E-state index contributed by atoms with van der Waals surface area (Å²) in [6.07, 6.45) is 3.83. The number of H-pyrrole nitrogens is 1. The van der Waals surface area contributed by atoms with Crippen molar-refractivity contribution in [3.8, 4) is 0 Å². The Kier molecular flexibility index (Phi) is 5.94. The van der Waals surface area contributed by atoms with Gasteiger partial charge in [0, 0.05) is 30.9 Å². The maximum absolute atomic E-state index is 13.1. The van der Waals surface area contributed by atoms with Crippen LogP contribution in [0.15, 0.2) is 48.3 Å². The number of hydrogen-bond donors (Lipinski definition) is 2. The number of benzene rings is 1. The number of allylic oxidation sites excluding steroid dienone is 2. The predicted octanol–water partition coefficient (Wildman–Crippen LogP) is 2.25. The highest BCUT2D eigenvalue weighted by atomic mass is 35.5. The first-order valence-corrected chi connectivity index (χ1v) is 9.21. The fourth-order valence-electron chi connectivity index (χ4n) is 2.72. The second kappa shape index (κ2) is 8.43. The van der Waals surface area contributed by atoms with Crippen LogP contribution in [0.5, 0.6) is 0 Å². The van der Waals surface area contributed by atoms with Crippen LogP contribution in [0, 0.1) is 10.1 Å². The Morgan fingerprint density at radius 2 is 1.97 bits per heavy atom. The highest BCUT2D eigenvalue weighted by molar-refractivity contribution is 7.80. The highest BCUT2D eigenvalue weighted by Gasteiger charge is 2.35. The minimum absolute atomic E-state index is 0.0491. The summed E-state index contributed by atoms with van der Waals surface area (Å²) in [5.41, 5.74) is 0.120. The molecule has 0 atom stereocenters. The zero-order valence-electron chi connectivity index (χ0n) is 15.7. The lowest BCUT2D eigenvalue weighted by Gasteiger charge is -2.29. The summed E-state index contributed by atoms with van der Waals surface area (Å²) in [6, 6.07) is 6.33. The number of amides is 2. The molecular formula is C18H15ClN6O4S. The van der Waals surface area contributed by atoms with Gasteiger partial charge in [0.1, 0.15) is 17.5 Å². The molecule has 0 bridgehead atoms. The lowest BCUT2D eigenvalue weighted by Crippen LogP contribution is -2.54. The summed E-state index contributed by atoms with van der Waals surface area (Å²) < 4.78 is 0. The minimum Gasteiger partial charge on any atom is -0.383 e. The third-order valence-corrected chi connectivity index (χ3v) is 4.52. The summed E-state index contributed by atoms with van der Waals surface area (Å²) in [4.78, 5) is 39.1. The standard InChI is InChI=1S/C18H15ClN6O4S/c1-23(2)9-10(15-14(25(28)29)8-20-22-15)7-13-16(26)21-18(30)24(17(13)27)12-5-3-11(19)4-6-12/h3-9H,1-2H3,(H,20,22)(H,21,26,30)/b10-9-,13-7+. The fourth-order valence-corrected chi connectivity index (χ4v) is 3.13. The molecule has 2 aromatic rings. The van der Waals surface area contributed by atoms with Gasteiger partial charge in [0.15, 0.2) is 5.11 Å². The van der Waals surface area contributed by atoms with Crippen molar-refractivity contribution in [2.24, 2.45) is 0 Å². The number of thiocarbonyl (C=S) groups is 1. The molecule has 0 radical (unpaired) electrons. The first-order valence-electron chi connectivity index (χ1n) is 8.42. The number of aromatic nitrogens is 2. The van der Waals surface area contributed by atoms with Gasteiger partial charge >= 0.3 is 5.69 Å². The van der Waals surface area contributed by atoms with Crippen LogP contribution in [0.25, 0.3) is 5.57 Å². The van der Waals surface area contributed by atoms with Crippen LogP contribution >= 0.6 is 23.8 Å². The van der Waals surface area contributed by atoms with Crippen molar-refractivity contribution in [1.82, 2.24) is 20.4 Å². The van der Waals surface area contributed by atoms with Gasteiger partial charge in [-0.2, -0.15) is 5.10 Å². The van der Waals surface area contributed by atoms with E-state index in [9.17, 15) is 19.7 Å². The zero-order valence-corrected chi connectivity index (χ0v) is 17.3. The van der Waals surface area contributed by atoms with E-state index < -0.39 is 16.7 Å². The van der Waals surface area contributed by atoms with Gasteiger partial charge in [0.25, 0.3) is 11.8 Å². The van der Waals surface area contributed by atoms with E-state index in [1.54, 1.807) is 43.3 Å². The van der Waals surface area contributed by atoms with Crippen LogP contribution in [0.3, 0.4) is 0 Å². The van der Waals surface area contributed by atoms with Crippen molar-refractivity contribution in [3.05, 3.63) is 69.1 Å². The van der Waals surface area contributed by atoms with E-state index in [-0.39, 0.29) is 27.6 Å². The molecule has 1 aliphatic heterocycles. The van der Waals surface area contributed by atoms with E-state index in [0.717, 1.165) is 11.1 Å². The van der Waals surface area contributed by atoms with E-state index in [2.05, 4.69) is 15.5 Å². The summed E-state index contributed by atoms with van der Waals surface area (Å²) in [5.74, 6) is -1.40. The Bertz CT molecular complexity index is 1110. The fraction of sp³-hybridized carbons (Fsp3) is 0.111. The monoisotopic (exact) mass is 446 g/mol. The second-order valence-electron chi connectivity index (χ2n) is 6.37. The summed E-state index contributed by atoms with van der Waals surface area (Å²) in [6.45, 7) is 0. The maximum atomic E-state index is 13.1. The largest absolute Gasteiger partial charge is 0.383 e. The van der Waals surface area contributed by atoms with Gasteiger partial charge in [-0.15, -0.1) is 0 Å². The van der Waals surface area contributed by atoms with Gasteiger partial charge in [0.2, 0.25) is 0 Å². The minimum atomic E-state index is -0.720. The molecule has 1 fully saturated rings. The average molecular weight is 447 g/mol. The molecule has 1 saturated heterocycles. The number of carbonyl (C=O) groups is 2. The molecule has 1 aromatic heterocycles. The van der Waals surface area contributed by atoms with Gasteiger partial charge in [0.05, 0.1) is 10.6 Å². The van der Waals surface area contributed by atoms with Gasteiger partial charge < -0.3 is 4.90 Å². The number of anilines is 1. The zero-order chi connectivity index (χ0) is 22.0. The Morgan fingerprint density at radius 3 is 2.57 bits per heavy atom. The highest BCUT2D eigenvalue weighted by Crippen LogP contribution is 2.28. The molecule has 30 heavy (non-hydrogen) atoms. The SMILES string of the molecule is CN(C)/C=C(/C=C1\C(=O)NC(=S)N(c2ccc(Cl)cc2)C1=O)c1[nH]ncc1[N+](=O)[O-]. The molecule has 2 amide bonds. The summed E-state index contributed by atoms with van der Waals surface area (Å²) in [5, 5.41) is 20.4. The molecule has 1 aromatic carbocycles. The number of hydrogen-bond acceptors (Lipinski definition) is 7. The van der Waals surface area contributed by atoms with Crippen molar-refractivity contribution < 1.29 is 14.5 Å². The quantitative estimate of drug-likeness (QED) is 0.237. The van der Waals surface area contributed by atoms with Crippen molar-refractivity contribution in [1.29, 1.82) is 0 Å². The van der Waals surface area contributed by atoms with Crippen molar-refractivity contribution >= 4 is 57.7 Å². The molecule has 0 saturated carbocycles. The Labute approximate surface area is 180 Å². The number of nitro groups is 1. The van der Waals surface area contributed by atoms with E-state index in [1.807, 2.05) is 0 Å². The average Bonchev–Trinajstić information content (AvgIpc) is 3.15. The number of halogens is 1. The van der Waals surface area contributed by atoms with Gasteiger partial charge in [-0.05, 0) is 42.6 Å². The second-order valence-corrected chi connectivity index (χ2v) is 7.19. The Hall–Kier alpha value is -3.57. The van der Waals surface area contributed by atoms with Crippen LogP contribution in [-0.2, 0) is 9.59 Å². The third kappa shape index (κ3) is 4.21. The molecule has 0 spiro atoms. The molecule has 2 heterocycles. The first kappa shape index (κ1) is 21.1. The van der Waals surface area contributed by atoms with Crippen LogP contribution in [0.4, 0.5) is 11.4 Å². The van der Waals surface area contributed by atoms with E-state index in [1.165, 1.54) is 12.3 Å². The molecule has 10 nitrogen and oxygen atoms in total. The molecule has 3 rings (SSSR count). The van der Waals surface area contributed by atoms with Crippen molar-refractivity contribution in [2.75, 3.05) is 19.0 Å². The first-order chi connectivity index (χ1) is 14.2. The Morgan fingerprint density at radius 1 is 1.30 bits per heavy atom. The maximum Gasteiger partial charge on any atom is 0.314 e. The van der Waals surface area contributed by atoms with E-state index in [4.69, 9.17) is 23.8 Å². The van der Waals surface area contributed by atoms with E-state index >= 15 is 0 Å². The van der Waals surface area contributed by atoms with E-state index in [0.29, 0.717) is 10.7 Å². The van der Waals surface area contributed by atoms with Gasteiger partial charge in [-0.1, -0.05) is 11.6 Å². The molecule has 0 aliphatic carbocycles. The number of rotatable bonds is 5. The van der Waals surface area contributed by atoms with Crippen LogP contribution in [0.1, 0.15) is 5.69 Å². The lowest BCUT2D eigenvalue weighted by atomic mass is 10.0. The molecule has 12 heteroatoms. The Balaban J connectivity index is 2.09. The number of carbonyl (C=O) groups excluding carboxylic acids is 2. The van der Waals surface area contributed by atoms with Crippen molar-refractivity contribution in [3.63, 3.8) is 0 Å².